The highest BCUT2D eigenvalue weighted by Gasteiger charge is 2.17. The van der Waals surface area contributed by atoms with Crippen molar-refractivity contribution in [2.24, 2.45) is 5.92 Å². The molecule has 0 saturated heterocycles. The molecule has 0 aromatic heterocycles. The van der Waals surface area contributed by atoms with E-state index in [0.29, 0.717) is 12.3 Å². The van der Waals surface area contributed by atoms with Crippen LogP contribution in [0.2, 0.25) is 0 Å². The van der Waals surface area contributed by atoms with Gasteiger partial charge in [0.15, 0.2) is 5.78 Å². The van der Waals surface area contributed by atoms with Crippen LogP contribution in [0.4, 0.5) is 0 Å². The van der Waals surface area contributed by atoms with E-state index in [0.717, 1.165) is 37.0 Å². The van der Waals surface area contributed by atoms with Crippen LogP contribution in [0.3, 0.4) is 0 Å². The first kappa shape index (κ1) is 29.9. The molecule has 0 aromatic carbocycles. The second-order valence-electron chi connectivity index (χ2n) is 9.69. The van der Waals surface area contributed by atoms with Gasteiger partial charge in [-0.15, -0.1) is 0 Å². The Hall–Kier alpha value is -1.05. The van der Waals surface area contributed by atoms with Gasteiger partial charge in [0.1, 0.15) is 6.10 Å². The van der Waals surface area contributed by atoms with Crippen LogP contribution >= 0.6 is 0 Å². The summed E-state index contributed by atoms with van der Waals surface area (Å²) in [5.74, 6) is 1.34. The van der Waals surface area contributed by atoms with Crippen LogP contribution in [0.5, 0.6) is 0 Å². The lowest BCUT2D eigenvalue weighted by Gasteiger charge is -2.24. The summed E-state index contributed by atoms with van der Waals surface area (Å²) in [5, 5.41) is 0. The first-order valence-corrected chi connectivity index (χ1v) is 13.5. The highest BCUT2D eigenvalue weighted by atomic mass is 16.5. The van der Waals surface area contributed by atoms with Crippen molar-refractivity contribution in [1.82, 2.24) is 0 Å². The van der Waals surface area contributed by atoms with Gasteiger partial charge in [0.25, 0.3) is 0 Å². The summed E-state index contributed by atoms with van der Waals surface area (Å²) in [4.78, 5) is 12.3. The molecule has 0 aliphatic heterocycles. The maximum atomic E-state index is 12.3. The molecule has 0 amide bonds. The highest BCUT2D eigenvalue weighted by Crippen LogP contribution is 2.22. The summed E-state index contributed by atoms with van der Waals surface area (Å²) in [6, 6.07) is 0. The quantitative estimate of drug-likeness (QED) is 0.0733. The molecule has 2 nitrogen and oxygen atoms in total. The molecule has 0 aliphatic carbocycles. The van der Waals surface area contributed by atoms with Crippen molar-refractivity contribution in [2.75, 3.05) is 0 Å². The standard InChI is InChI=1S/C29H54O2/c1-7-9-11-12-13-14-15-16-17-18-19-20-21-22-28(30)24-26(5)31-29(23-10-8-2)27(6)25(3)4/h24-25,29H,6-23H2,1-5H3/b26-24+. The van der Waals surface area contributed by atoms with E-state index in [4.69, 9.17) is 4.74 Å². The molecule has 0 N–H and O–H groups in total. The molecule has 0 aromatic rings. The minimum Gasteiger partial charge on any atom is -0.491 e. The molecular formula is C29H54O2. The third-order valence-corrected chi connectivity index (χ3v) is 6.19. The van der Waals surface area contributed by atoms with Crippen molar-refractivity contribution in [1.29, 1.82) is 0 Å². The number of hydrogen-bond donors (Lipinski definition) is 0. The zero-order chi connectivity index (χ0) is 23.3. The Kier molecular flexibility index (Phi) is 20.1. The minimum atomic E-state index is 0.0281. The van der Waals surface area contributed by atoms with E-state index in [-0.39, 0.29) is 11.9 Å². The summed E-state index contributed by atoms with van der Waals surface area (Å²) < 4.78 is 6.11. The van der Waals surface area contributed by atoms with Crippen LogP contribution in [0.1, 0.15) is 144 Å². The van der Waals surface area contributed by atoms with Crippen LogP contribution in [-0.4, -0.2) is 11.9 Å². The molecule has 0 rings (SSSR count). The van der Waals surface area contributed by atoms with Gasteiger partial charge in [-0.2, -0.15) is 0 Å². The average molecular weight is 435 g/mol. The van der Waals surface area contributed by atoms with Crippen LogP contribution in [-0.2, 0) is 9.53 Å². The first-order valence-electron chi connectivity index (χ1n) is 13.5. The van der Waals surface area contributed by atoms with E-state index < -0.39 is 0 Å². The molecule has 2 heteroatoms. The van der Waals surface area contributed by atoms with Crippen molar-refractivity contribution in [3.05, 3.63) is 24.0 Å². The number of ketones is 1. The largest absolute Gasteiger partial charge is 0.491 e. The van der Waals surface area contributed by atoms with Crippen molar-refractivity contribution < 1.29 is 9.53 Å². The van der Waals surface area contributed by atoms with Crippen molar-refractivity contribution >= 4 is 5.78 Å². The average Bonchev–Trinajstić information content (AvgIpc) is 2.73. The minimum absolute atomic E-state index is 0.0281. The highest BCUT2D eigenvalue weighted by molar-refractivity contribution is 5.89. The van der Waals surface area contributed by atoms with E-state index in [9.17, 15) is 4.79 Å². The Bertz CT molecular complexity index is 475. The van der Waals surface area contributed by atoms with Crippen molar-refractivity contribution in [3.8, 4) is 0 Å². The molecule has 1 unspecified atom stereocenters. The second-order valence-corrected chi connectivity index (χ2v) is 9.69. The Morgan fingerprint density at radius 2 is 1.23 bits per heavy atom. The molecule has 182 valence electrons. The second kappa shape index (κ2) is 20.8. The number of allylic oxidation sites excluding steroid dienone is 2. The van der Waals surface area contributed by atoms with Gasteiger partial charge in [-0.25, -0.2) is 0 Å². The van der Waals surface area contributed by atoms with E-state index in [1.807, 2.05) is 6.92 Å². The smallest absolute Gasteiger partial charge is 0.159 e. The van der Waals surface area contributed by atoms with E-state index >= 15 is 0 Å². The molecule has 0 fully saturated rings. The topological polar surface area (TPSA) is 26.3 Å². The van der Waals surface area contributed by atoms with Gasteiger partial charge in [-0.3, -0.25) is 4.79 Å². The lowest BCUT2D eigenvalue weighted by molar-refractivity contribution is -0.114. The molecule has 0 spiro atoms. The van der Waals surface area contributed by atoms with Crippen LogP contribution in [0, 0.1) is 5.92 Å². The molecular weight excluding hydrogens is 380 g/mol. The number of ether oxygens (including phenoxy) is 1. The number of unbranched alkanes of at least 4 members (excludes halogenated alkanes) is 13. The molecule has 0 bridgehead atoms. The zero-order valence-electron chi connectivity index (χ0n) is 21.8. The Balaban J connectivity index is 3.86. The summed E-state index contributed by atoms with van der Waals surface area (Å²) in [6.45, 7) is 14.9. The van der Waals surface area contributed by atoms with Crippen LogP contribution < -0.4 is 0 Å². The van der Waals surface area contributed by atoms with Gasteiger partial charge in [0.2, 0.25) is 0 Å². The van der Waals surface area contributed by atoms with Gasteiger partial charge in [-0.05, 0) is 37.7 Å². The van der Waals surface area contributed by atoms with Gasteiger partial charge in [-0.1, -0.05) is 118 Å². The number of carbonyl (C=O) groups is 1. The molecule has 31 heavy (non-hydrogen) atoms. The zero-order valence-corrected chi connectivity index (χ0v) is 21.8. The summed E-state index contributed by atoms with van der Waals surface area (Å²) in [5.41, 5.74) is 1.13. The fourth-order valence-electron chi connectivity index (χ4n) is 3.96. The lowest BCUT2D eigenvalue weighted by Crippen LogP contribution is -2.18. The summed E-state index contributed by atoms with van der Waals surface area (Å²) in [7, 11) is 0. The van der Waals surface area contributed by atoms with E-state index in [2.05, 4.69) is 34.3 Å². The maximum Gasteiger partial charge on any atom is 0.159 e. The van der Waals surface area contributed by atoms with Gasteiger partial charge in [0, 0.05) is 12.5 Å². The van der Waals surface area contributed by atoms with Gasteiger partial charge in [0.05, 0.1) is 5.76 Å². The SMILES string of the molecule is C=C(C(C)C)C(CCCC)O/C(C)=C/C(=O)CCCCCCCCCCCCCCC. The number of hydrogen-bond acceptors (Lipinski definition) is 2. The van der Waals surface area contributed by atoms with Crippen molar-refractivity contribution in [3.63, 3.8) is 0 Å². The van der Waals surface area contributed by atoms with Crippen molar-refractivity contribution in [2.45, 2.75) is 150 Å². The van der Waals surface area contributed by atoms with E-state index in [1.54, 1.807) is 6.08 Å². The van der Waals surface area contributed by atoms with Gasteiger partial charge >= 0.3 is 0 Å². The first-order chi connectivity index (χ1) is 14.9. The number of carbonyl (C=O) groups excluding carboxylic acids is 1. The predicted octanol–water partition coefficient (Wildman–Crippen LogP) is 9.73. The monoisotopic (exact) mass is 434 g/mol. The molecule has 0 aliphatic rings. The Morgan fingerprint density at radius 3 is 1.68 bits per heavy atom. The maximum absolute atomic E-state index is 12.3. The third-order valence-electron chi connectivity index (χ3n) is 6.19. The molecule has 0 heterocycles. The fraction of sp³-hybridized carbons (Fsp3) is 0.828. The fourth-order valence-corrected chi connectivity index (χ4v) is 3.96. The van der Waals surface area contributed by atoms with Crippen LogP contribution in [0.15, 0.2) is 24.0 Å². The number of rotatable bonds is 22. The molecule has 1 atom stereocenters. The predicted molar refractivity (Wildman–Crippen MR) is 137 cm³/mol. The Labute approximate surface area is 195 Å². The summed E-state index contributed by atoms with van der Waals surface area (Å²) >= 11 is 0. The third kappa shape index (κ3) is 18.2. The Morgan fingerprint density at radius 1 is 0.774 bits per heavy atom. The van der Waals surface area contributed by atoms with Crippen LogP contribution in [0.25, 0.3) is 0 Å². The lowest BCUT2D eigenvalue weighted by atomic mass is 9.96. The van der Waals surface area contributed by atoms with E-state index in [1.165, 1.54) is 77.0 Å². The molecule has 0 saturated carbocycles. The van der Waals surface area contributed by atoms with Gasteiger partial charge < -0.3 is 4.74 Å². The normalized spacial score (nSPS) is 12.9. The molecule has 0 radical (unpaired) electrons. The summed E-state index contributed by atoms with van der Waals surface area (Å²) in [6.07, 6.45) is 22.9.